The molecule has 3 rings (SSSR count). The highest BCUT2D eigenvalue weighted by atomic mass is 32.1. The first kappa shape index (κ1) is 22.4. The molecule has 0 atom stereocenters. The number of ketones is 1. The minimum Gasteiger partial charge on any atom is -0.361 e. The quantitative estimate of drug-likeness (QED) is 0.294. The van der Waals surface area contributed by atoms with Gasteiger partial charge < -0.3 is 10.6 Å². The minimum atomic E-state index is -4.63. The largest absolute Gasteiger partial charge is 0.417 e. The van der Waals surface area contributed by atoms with Gasteiger partial charge in [-0.05, 0) is 24.6 Å². The van der Waals surface area contributed by atoms with Crippen molar-refractivity contribution in [2.24, 2.45) is 0 Å². The van der Waals surface area contributed by atoms with Crippen molar-refractivity contribution in [2.45, 2.75) is 12.6 Å². The Morgan fingerprint density at radius 3 is 2.35 bits per heavy atom. The van der Waals surface area contributed by atoms with Crippen molar-refractivity contribution in [1.82, 2.24) is 10.3 Å². The average molecular weight is 451 g/mol. The predicted octanol–water partition coefficient (Wildman–Crippen LogP) is 4.76. The van der Waals surface area contributed by atoms with E-state index in [-0.39, 0.29) is 17.0 Å². The number of carbonyl (C=O) groups is 2. The SMILES string of the molecule is O=C(NCCCNc1ncc(C(=O)c2ccccc2C(F)(F)F)s1)c1ccccc1F. The Labute approximate surface area is 179 Å². The fraction of sp³-hybridized carbons (Fsp3) is 0.190. The second-order valence-corrected chi connectivity index (χ2v) is 7.45. The topological polar surface area (TPSA) is 71.1 Å². The zero-order valence-corrected chi connectivity index (χ0v) is 16.8. The van der Waals surface area contributed by atoms with Crippen molar-refractivity contribution in [2.75, 3.05) is 18.4 Å². The molecule has 0 aliphatic carbocycles. The van der Waals surface area contributed by atoms with Gasteiger partial charge in [0.05, 0.1) is 22.2 Å². The molecule has 0 unspecified atom stereocenters. The molecule has 0 aliphatic heterocycles. The van der Waals surface area contributed by atoms with Crippen LogP contribution in [-0.4, -0.2) is 29.8 Å². The second kappa shape index (κ2) is 9.69. The summed E-state index contributed by atoms with van der Waals surface area (Å²) in [7, 11) is 0. The van der Waals surface area contributed by atoms with Gasteiger partial charge in [-0.1, -0.05) is 41.7 Å². The molecule has 162 valence electrons. The van der Waals surface area contributed by atoms with Crippen LogP contribution >= 0.6 is 11.3 Å². The summed E-state index contributed by atoms with van der Waals surface area (Å²) in [5.74, 6) is -1.88. The molecule has 31 heavy (non-hydrogen) atoms. The van der Waals surface area contributed by atoms with E-state index in [0.29, 0.717) is 18.1 Å². The van der Waals surface area contributed by atoms with Gasteiger partial charge in [-0.25, -0.2) is 9.37 Å². The average Bonchev–Trinajstić information content (AvgIpc) is 3.21. The molecule has 0 bridgehead atoms. The predicted molar refractivity (Wildman–Crippen MR) is 109 cm³/mol. The van der Waals surface area contributed by atoms with Gasteiger partial charge in [0.15, 0.2) is 5.13 Å². The van der Waals surface area contributed by atoms with Crippen LogP contribution in [0.25, 0.3) is 0 Å². The number of amides is 1. The summed E-state index contributed by atoms with van der Waals surface area (Å²) < 4.78 is 52.9. The highest BCUT2D eigenvalue weighted by Gasteiger charge is 2.35. The van der Waals surface area contributed by atoms with Crippen molar-refractivity contribution < 1.29 is 27.2 Å². The fourth-order valence-electron chi connectivity index (χ4n) is 2.75. The molecule has 1 amide bonds. The monoisotopic (exact) mass is 451 g/mol. The van der Waals surface area contributed by atoms with E-state index in [1.54, 1.807) is 6.07 Å². The number of hydrogen-bond donors (Lipinski definition) is 2. The number of carbonyl (C=O) groups excluding carboxylic acids is 2. The van der Waals surface area contributed by atoms with Gasteiger partial charge in [0.25, 0.3) is 5.91 Å². The van der Waals surface area contributed by atoms with E-state index in [2.05, 4.69) is 15.6 Å². The molecule has 0 radical (unpaired) electrons. The van der Waals surface area contributed by atoms with Gasteiger partial charge in [-0.15, -0.1) is 0 Å². The number of aromatic nitrogens is 1. The third-order valence-electron chi connectivity index (χ3n) is 4.24. The number of thiazole rings is 1. The van der Waals surface area contributed by atoms with Crippen molar-refractivity contribution in [3.63, 3.8) is 0 Å². The summed E-state index contributed by atoms with van der Waals surface area (Å²) in [6.45, 7) is 0.661. The molecule has 0 fully saturated rings. The standard InChI is InChI=1S/C21H17F4N3O2S/c22-16-9-4-2-7-14(16)19(30)26-10-5-11-27-20-28-12-17(31-20)18(29)13-6-1-3-8-15(13)21(23,24)25/h1-4,6-9,12H,5,10-11H2,(H,26,30)(H,27,28). The smallest absolute Gasteiger partial charge is 0.361 e. The first-order valence-electron chi connectivity index (χ1n) is 9.20. The lowest BCUT2D eigenvalue weighted by molar-refractivity contribution is -0.137. The van der Waals surface area contributed by atoms with E-state index in [0.717, 1.165) is 23.5 Å². The Morgan fingerprint density at radius 2 is 1.65 bits per heavy atom. The molecule has 0 saturated carbocycles. The third-order valence-corrected chi connectivity index (χ3v) is 5.19. The van der Waals surface area contributed by atoms with E-state index in [1.807, 2.05) is 0 Å². The molecule has 1 heterocycles. The van der Waals surface area contributed by atoms with Crippen LogP contribution in [0.15, 0.2) is 54.7 Å². The van der Waals surface area contributed by atoms with E-state index < -0.39 is 34.8 Å². The highest BCUT2D eigenvalue weighted by Crippen LogP contribution is 2.33. The van der Waals surface area contributed by atoms with Crippen LogP contribution in [0, 0.1) is 5.82 Å². The summed E-state index contributed by atoms with van der Waals surface area (Å²) in [6.07, 6.45) is -2.92. The van der Waals surface area contributed by atoms with Crippen molar-refractivity contribution in [3.8, 4) is 0 Å². The zero-order valence-electron chi connectivity index (χ0n) is 16.0. The van der Waals surface area contributed by atoms with Gasteiger partial charge in [-0.2, -0.15) is 13.2 Å². The van der Waals surface area contributed by atoms with Crippen molar-refractivity contribution >= 4 is 28.2 Å². The van der Waals surface area contributed by atoms with Gasteiger partial charge >= 0.3 is 6.18 Å². The summed E-state index contributed by atoms with van der Waals surface area (Å²) in [4.78, 5) is 28.5. The molecular formula is C21H17F4N3O2S. The normalized spacial score (nSPS) is 11.2. The van der Waals surface area contributed by atoms with Crippen molar-refractivity contribution in [3.05, 3.63) is 82.1 Å². The molecule has 2 aromatic carbocycles. The molecule has 5 nitrogen and oxygen atoms in total. The maximum Gasteiger partial charge on any atom is 0.417 e. The molecule has 0 spiro atoms. The maximum atomic E-state index is 13.5. The number of benzene rings is 2. The van der Waals surface area contributed by atoms with Crippen LogP contribution in [0.5, 0.6) is 0 Å². The van der Waals surface area contributed by atoms with E-state index in [1.165, 1.54) is 36.5 Å². The Bertz CT molecular complexity index is 1080. The summed E-state index contributed by atoms with van der Waals surface area (Å²) in [5.41, 5.74) is -1.47. The lowest BCUT2D eigenvalue weighted by Crippen LogP contribution is -2.26. The van der Waals surface area contributed by atoms with E-state index in [4.69, 9.17) is 0 Å². The lowest BCUT2D eigenvalue weighted by atomic mass is 10.0. The highest BCUT2D eigenvalue weighted by molar-refractivity contribution is 7.17. The van der Waals surface area contributed by atoms with E-state index >= 15 is 0 Å². The molecule has 2 N–H and O–H groups in total. The van der Waals surface area contributed by atoms with Crippen LogP contribution in [0.4, 0.5) is 22.7 Å². The number of nitrogens with zero attached hydrogens (tertiary/aromatic N) is 1. The van der Waals surface area contributed by atoms with E-state index in [9.17, 15) is 27.2 Å². The van der Waals surface area contributed by atoms with Crippen LogP contribution in [0.2, 0.25) is 0 Å². The van der Waals surface area contributed by atoms with Crippen LogP contribution in [0.3, 0.4) is 0 Å². The third kappa shape index (κ3) is 5.66. The van der Waals surface area contributed by atoms with Gasteiger partial charge in [0.2, 0.25) is 5.78 Å². The van der Waals surface area contributed by atoms with Gasteiger partial charge in [0, 0.05) is 18.7 Å². The molecular weight excluding hydrogens is 434 g/mol. The first-order valence-corrected chi connectivity index (χ1v) is 10.0. The number of rotatable bonds is 8. The number of anilines is 1. The number of hydrogen-bond acceptors (Lipinski definition) is 5. The Morgan fingerprint density at radius 1 is 0.968 bits per heavy atom. The summed E-state index contributed by atoms with van der Waals surface area (Å²) in [5, 5.41) is 5.91. The van der Waals surface area contributed by atoms with Crippen LogP contribution in [-0.2, 0) is 6.18 Å². The van der Waals surface area contributed by atoms with Crippen LogP contribution < -0.4 is 10.6 Å². The molecule has 10 heteroatoms. The van der Waals surface area contributed by atoms with Crippen molar-refractivity contribution in [1.29, 1.82) is 0 Å². The molecule has 0 saturated heterocycles. The molecule has 1 aromatic heterocycles. The Kier molecular flexibility index (Phi) is 7.01. The van der Waals surface area contributed by atoms with Crippen LogP contribution in [0.1, 0.15) is 37.6 Å². The first-order chi connectivity index (χ1) is 14.8. The molecule has 0 aliphatic rings. The van der Waals surface area contributed by atoms with Gasteiger partial charge in [-0.3, -0.25) is 9.59 Å². The lowest BCUT2D eigenvalue weighted by Gasteiger charge is -2.10. The Hall–Kier alpha value is -3.27. The molecule has 3 aromatic rings. The number of alkyl halides is 3. The number of halogens is 4. The zero-order chi connectivity index (χ0) is 22.4. The maximum absolute atomic E-state index is 13.5. The summed E-state index contributed by atoms with van der Waals surface area (Å²) in [6, 6.07) is 10.2. The second-order valence-electron chi connectivity index (χ2n) is 6.42. The Balaban J connectivity index is 1.51. The summed E-state index contributed by atoms with van der Waals surface area (Å²) >= 11 is 0.942. The number of nitrogens with one attached hydrogen (secondary N) is 2. The van der Waals surface area contributed by atoms with Gasteiger partial charge in [0.1, 0.15) is 5.82 Å². The fourth-order valence-corrected chi connectivity index (χ4v) is 3.54. The minimum absolute atomic E-state index is 0.0438.